The van der Waals surface area contributed by atoms with E-state index in [0.29, 0.717) is 5.41 Å². The predicted octanol–water partition coefficient (Wildman–Crippen LogP) is 3.17. The van der Waals surface area contributed by atoms with Crippen LogP contribution >= 0.6 is 0 Å². The third-order valence-corrected chi connectivity index (χ3v) is 5.30. The molecule has 0 radical (unpaired) electrons. The van der Waals surface area contributed by atoms with Crippen molar-refractivity contribution in [3.63, 3.8) is 0 Å². The van der Waals surface area contributed by atoms with Gasteiger partial charge in [-0.1, -0.05) is 26.8 Å². The zero-order valence-corrected chi connectivity index (χ0v) is 10.7. The number of nitrogens with zero attached hydrogens (tertiary/aromatic N) is 1. The van der Waals surface area contributed by atoms with E-state index in [1.54, 1.807) is 0 Å². The Morgan fingerprint density at radius 2 is 2.07 bits per heavy atom. The highest BCUT2D eigenvalue weighted by Crippen LogP contribution is 2.61. The third kappa shape index (κ3) is 1.56. The minimum Gasteiger partial charge on any atom is -0.299 e. The van der Waals surface area contributed by atoms with Crippen molar-refractivity contribution >= 4 is 0 Å². The molecule has 1 heteroatoms. The molecule has 0 aromatic carbocycles. The topological polar surface area (TPSA) is 3.24 Å². The number of hydrogen-bond donors (Lipinski definition) is 0. The highest BCUT2D eigenvalue weighted by atomic mass is 15.1. The summed E-state index contributed by atoms with van der Waals surface area (Å²) in [6, 6.07) is 0.791. The summed E-state index contributed by atoms with van der Waals surface area (Å²) in [5.41, 5.74) is 0.616. The first-order valence-corrected chi connectivity index (χ1v) is 6.29. The van der Waals surface area contributed by atoms with Gasteiger partial charge in [0.25, 0.3) is 0 Å². The first kappa shape index (κ1) is 11.2. The van der Waals surface area contributed by atoms with E-state index < -0.39 is 0 Å². The first-order valence-electron chi connectivity index (χ1n) is 6.29. The molecule has 0 N–H and O–H groups in total. The van der Waals surface area contributed by atoms with Crippen LogP contribution in [0.2, 0.25) is 0 Å². The predicted molar refractivity (Wildman–Crippen MR) is 65.8 cm³/mol. The quantitative estimate of drug-likeness (QED) is 0.643. The maximum atomic E-state index is 3.84. The van der Waals surface area contributed by atoms with Gasteiger partial charge in [0.2, 0.25) is 0 Å². The molecule has 3 aliphatic carbocycles. The van der Waals surface area contributed by atoms with Crippen molar-refractivity contribution in [2.45, 2.75) is 39.7 Å². The van der Waals surface area contributed by atoms with Gasteiger partial charge in [0.15, 0.2) is 0 Å². The molecule has 0 aromatic rings. The van der Waals surface area contributed by atoms with Crippen LogP contribution in [0, 0.1) is 23.2 Å². The molecule has 0 aliphatic heterocycles. The van der Waals surface area contributed by atoms with E-state index >= 15 is 0 Å². The Morgan fingerprint density at radius 3 is 2.53 bits per heavy atom. The third-order valence-electron chi connectivity index (χ3n) is 5.30. The Labute approximate surface area is 94.5 Å². The molecule has 3 saturated carbocycles. The lowest BCUT2D eigenvalue weighted by Gasteiger charge is -2.63. The van der Waals surface area contributed by atoms with Gasteiger partial charge in [-0.05, 0) is 43.1 Å². The molecule has 86 valence electrons. The van der Waals surface area contributed by atoms with Crippen LogP contribution in [0.5, 0.6) is 0 Å². The summed E-state index contributed by atoms with van der Waals surface area (Å²) in [6.45, 7) is 12.3. The minimum absolute atomic E-state index is 0.616. The summed E-state index contributed by atoms with van der Waals surface area (Å²) in [5, 5.41) is 0. The van der Waals surface area contributed by atoms with Crippen LogP contribution < -0.4 is 0 Å². The highest BCUT2D eigenvalue weighted by molar-refractivity contribution is 5.07. The van der Waals surface area contributed by atoms with Crippen LogP contribution in [0.4, 0.5) is 0 Å². The minimum atomic E-state index is 0.616. The highest BCUT2D eigenvalue weighted by Gasteiger charge is 2.56. The number of fused-ring (bicyclic) bond motifs is 2. The molecular formula is C14H25N. The van der Waals surface area contributed by atoms with Crippen molar-refractivity contribution in [3.8, 4) is 0 Å². The van der Waals surface area contributed by atoms with E-state index in [1.165, 1.54) is 12.8 Å². The van der Waals surface area contributed by atoms with Crippen LogP contribution in [0.1, 0.15) is 33.6 Å². The van der Waals surface area contributed by atoms with Gasteiger partial charge in [0.05, 0.1) is 0 Å². The monoisotopic (exact) mass is 207 g/mol. The Hall–Kier alpha value is -0.300. The average Bonchev–Trinajstić information content (AvgIpc) is 2.17. The lowest BCUT2D eigenvalue weighted by atomic mass is 9.44. The zero-order chi connectivity index (χ0) is 11.2. The maximum Gasteiger partial charge on any atom is 0.0160 e. The van der Waals surface area contributed by atoms with Gasteiger partial charge in [0.1, 0.15) is 0 Å². The van der Waals surface area contributed by atoms with Gasteiger partial charge in [-0.25, -0.2) is 0 Å². The van der Waals surface area contributed by atoms with Gasteiger partial charge >= 0.3 is 0 Å². The normalized spacial score (nSPS) is 42.5. The van der Waals surface area contributed by atoms with Crippen molar-refractivity contribution in [1.29, 1.82) is 0 Å². The number of hydrogen-bond acceptors (Lipinski definition) is 1. The van der Waals surface area contributed by atoms with Crippen molar-refractivity contribution in [2.75, 3.05) is 13.6 Å². The SMILES string of the molecule is C=CCN(C)[C@@H]1C[C@@H]2C[C@H]([C@H]1C)C2(C)C. The number of likely N-dealkylation sites (N-methyl/N-ethyl adjacent to an activating group) is 1. The second kappa shape index (κ2) is 3.62. The molecular weight excluding hydrogens is 182 g/mol. The van der Waals surface area contributed by atoms with E-state index in [2.05, 4.69) is 39.3 Å². The number of rotatable bonds is 3. The largest absolute Gasteiger partial charge is 0.299 e. The average molecular weight is 207 g/mol. The molecule has 0 saturated heterocycles. The van der Waals surface area contributed by atoms with Crippen LogP contribution in [0.15, 0.2) is 12.7 Å². The maximum absolute atomic E-state index is 3.84. The van der Waals surface area contributed by atoms with Crippen LogP contribution in [0.3, 0.4) is 0 Å². The fourth-order valence-corrected chi connectivity index (χ4v) is 4.04. The van der Waals surface area contributed by atoms with Crippen molar-refractivity contribution in [1.82, 2.24) is 4.90 Å². The zero-order valence-electron chi connectivity index (χ0n) is 10.7. The Bertz CT molecular complexity index is 256. The van der Waals surface area contributed by atoms with E-state index in [0.717, 1.165) is 30.3 Å². The van der Waals surface area contributed by atoms with Crippen LogP contribution in [-0.4, -0.2) is 24.5 Å². The fraction of sp³-hybridized carbons (Fsp3) is 0.857. The van der Waals surface area contributed by atoms with E-state index in [4.69, 9.17) is 0 Å². The second-order valence-corrected chi connectivity index (χ2v) is 6.25. The van der Waals surface area contributed by atoms with Gasteiger partial charge in [0, 0.05) is 12.6 Å². The van der Waals surface area contributed by atoms with E-state index in [-0.39, 0.29) is 0 Å². The summed E-state index contributed by atoms with van der Waals surface area (Å²) in [6.07, 6.45) is 4.90. The molecule has 3 rings (SSSR count). The summed E-state index contributed by atoms with van der Waals surface area (Å²) < 4.78 is 0. The molecule has 0 unspecified atom stereocenters. The fourth-order valence-electron chi connectivity index (χ4n) is 4.04. The molecule has 15 heavy (non-hydrogen) atoms. The van der Waals surface area contributed by atoms with E-state index in [9.17, 15) is 0 Å². The Kier molecular flexibility index (Phi) is 2.70. The van der Waals surface area contributed by atoms with Gasteiger partial charge < -0.3 is 0 Å². The molecule has 3 aliphatic rings. The van der Waals surface area contributed by atoms with E-state index in [1.807, 2.05) is 6.08 Å². The van der Waals surface area contributed by atoms with Crippen molar-refractivity contribution in [3.05, 3.63) is 12.7 Å². The molecule has 3 fully saturated rings. The van der Waals surface area contributed by atoms with Crippen LogP contribution in [0.25, 0.3) is 0 Å². The standard InChI is InChI=1S/C14H25N/c1-6-7-15(5)13-9-11-8-12(10(13)2)14(11,3)4/h6,10-13H,1,7-9H2,2-5H3/t10-,11+,12-,13-/m1/s1. The molecule has 0 spiro atoms. The van der Waals surface area contributed by atoms with Gasteiger partial charge in [-0.3, -0.25) is 4.90 Å². The first-order chi connectivity index (χ1) is 6.98. The summed E-state index contributed by atoms with van der Waals surface area (Å²) in [5.74, 6) is 2.78. The lowest BCUT2D eigenvalue weighted by Crippen LogP contribution is -2.60. The molecule has 1 nitrogen and oxygen atoms in total. The summed E-state index contributed by atoms with van der Waals surface area (Å²) >= 11 is 0. The molecule has 0 amide bonds. The van der Waals surface area contributed by atoms with Crippen LogP contribution in [-0.2, 0) is 0 Å². The Balaban J connectivity index is 2.05. The second-order valence-electron chi connectivity index (χ2n) is 6.25. The molecule has 0 heterocycles. The molecule has 2 bridgehead atoms. The van der Waals surface area contributed by atoms with Gasteiger partial charge in [-0.15, -0.1) is 6.58 Å². The Morgan fingerprint density at radius 1 is 1.40 bits per heavy atom. The lowest BCUT2D eigenvalue weighted by molar-refractivity contribution is -0.133. The smallest absolute Gasteiger partial charge is 0.0160 e. The summed E-state index contributed by atoms with van der Waals surface area (Å²) in [7, 11) is 2.25. The van der Waals surface area contributed by atoms with Gasteiger partial charge in [-0.2, -0.15) is 0 Å². The summed E-state index contributed by atoms with van der Waals surface area (Å²) in [4.78, 5) is 2.49. The van der Waals surface area contributed by atoms with Crippen molar-refractivity contribution in [2.24, 2.45) is 23.2 Å². The molecule has 0 aromatic heterocycles. The van der Waals surface area contributed by atoms with Crippen molar-refractivity contribution < 1.29 is 0 Å². The molecule has 4 atom stereocenters.